The van der Waals surface area contributed by atoms with Gasteiger partial charge in [0.2, 0.25) is 6.79 Å². The van der Waals surface area contributed by atoms with Crippen LogP contribution in [0.5, 0.6) is 17.2 Å². The molecule has 1 fully saturated rings. The zero-order chi connectivity index (χ0) is 20.5. The van der Waals surface area contributed by atoms with Gasteiger partial charge in [0.05, 0.1) is 11.8 Å². The highest BCUT2D eigenvalue weighted by molar-refractivity contribution is 6.39. The molecule has 4 rings (SSSR count). The topological polar surface area (TPSA) is 94.2 Å². The number of urea groups is 1. The van der Waals surface area contributed by atoms with Gasteiger partial charge in [0.15, 0.2) is 11.5 Å². The summed E-state index contributed by atoms with van der Waals surface area (Å²) in [5.74, 6) is 0.152. The molecular weight excluding hydrogens is 376 g/mol. The van der Waals surface area contributed by atoms with Gasteiger partial charge in [-0.1, -0.05) is 12.1 Å². The molecule has 2 aromatic carbocycles. The Bertz CT molecular complexity index is 1030. The van der Waals surface area contributed by atoms with Crippen molar-refractivity contribution in [2.24, 2.45) is 0 Å². The lowest BCUT2D eigenvalue weighted by Crippen LogP contribution is -2.54. The largest absolute Gasteiger partial charge is 0.491 e. The van der Waals surface area contributed by atoms with Gasteiger partial charge in [-0.15, -0.1) is 0 Å². The van der Waals surface area contributed by atoms with Crippen molar-refractivity contribution in [2.45, 2.75) is 20.0 Å². The number of ether oxygens (including phenoxy) is 3. The number of hydrogen-bond donors (Lipinski definition) is 1. The molecule has 2 aromatic rings. The average Bonchev–Trinajstić information content (AvgIpc) is 3.14. The number of amides is 4. The van der Waals surface area contributed by atoms with Crippen LogP contribution in [0.3, 0.4) is 0 Å². The summed E-state index contributed by atoms with van der Waals surface area (Å²) in [6.07, 6.45) is 1.47. The maximum atomic E-state index is 12.9. The quantitative estimate of drug-likeness (QED) is 0.633. The number of nitrogens with zero attached hydrogens (tertiary/aromatic N) is 1. The lowest BCUT2D eigenvalue weighted by molar-refractivity contribution is -0.122. The van der Waals surface area contributed by atoms with Crippen molar-refractivity contribution < 1.29 is 28.6 Å². The summed E-state index contributed by atoms with van der Waals surface area (Å²) < 4.78 is 16.1. The molecule has 2 heterocycles. The fourth-order valence-corrected chi connectivity index (χ4v) is 3.00. The van der Waals surface area contributed by atoms with E-state index in [4.69, 9.17) is 14.2 Å². The van der Waals surface area contributed by atoms with E-state index in [2.05, 4.69) is 5.32 Å². The van der Waals surface area contributed by atoms with Crippen LogP contribution in [0.15, 0.2) is 48.0 Å². The summed E-state index contributed by atoms with van der Waals surface area (Å²) in [4.78, 5) is 38.4. The zero-order valence-corrected chi connectivity index (χ0v) is 15.8. The van der Waals surface area contributed by atoms with Gasteiger partial charge in [-0.25, -0.2) is 9.69 Å². The third-order valence-electron chi connectivity index (χ3n) is 4.28. The Morgan fingerprint density at radius 3 is 2.48 bits per heavy atom. The van der Waals surface area contributed by atoms with Crippen molar-refractivity contribution >= 4 is 29.6 Å². The number of fused-ring (bicyclic) bond motifs is 1. The van der Waals surface area contributed by atoms with Crippen LogP contribution in [0, 0.1) is 0 Å². The molecule has 0 aliphatic carbocycles. The second-order valence-corrected chi connectivity index (χ2v) is 6.73. The van der Waals surface area contributed by atoms with Crippen LogP contribution >= 0.6 is 0 Å². The lowest BCUT2D eigenvalue weighted by atomic mass is 10.1. The van der Waals surface area contributed by atoms with Gasteiger partial charge in [0.25, 0.3) is 11.8 Å². The van der Waals surface area contributed by atoms with E-state index < -0.39 is 17.8 Å². The summed E-state index contributed by atoms with van der Waals surface area (Å²) in [6, 6.07) is 10.8. The summed E-state index contributed by atoms with van der Waals surface area (Å²) in [6.45, 7) is 3.91. The van der Waals surface area contributed by atoms with Crippen molar-refractivity contribution in [3.8, 4) is 17.2 Å². The molecule has 4 amide bonds. The Morgan fingerprint density at radius 1 is 1.03 bits per heavy atom. The predicted octanol–water partition coefficient (Wildman–Crippen LogP) is 2.87. The number of anilines is 1. The highest BCUT2D eigenvalue weighted by atomic mass is 16.7. The Kier molecular flexibility index (Phi) is 4.67. The van der Waals surface area contributed by atoms with E-state index in [-0.39, 0.29) is 24.2 Å². The van der Waals surface area contributed by atoms with Crippen molar-refractivity contribution in [1.82, 2.24) is 5.32 Å². The maximum Gasteiger partial charge on any atom is 0.335 e. The molecule has 0 radical (unpaired) electrons. The molecule has 2 aliphatic heterocycles. The first-order chi connectivity index (χ1) is 13.9. The lowest BCUT2D eigenvalue weighted by Gasteiger charge is -2.26. The molecule has 0 saturated carbocycles. The molecule has 8 heteroatoms. The van der Waals surface area contributed by atoms with Gasteiger partial charge in [-0.05, 0) is 49.8 Å². The number of rotatable bonds is 4. The molecule has 0 spiro atoms. The Balaban J connectivity index is 1.63. The minimum absolute atomic E-state index is 0.0335. The van der Waals surface area contributed by atoms with E-state index >= 15 is 0 Å². The zero-order valence-electron chi connectivity index (χ0n) is 15.8. The molecule has 8 nitrogen and oxygen atoms in total. The van der Waals surface area contributed by atoms with Crippen LogP contribution < -0.4 is 24.4 Å². The fraction of sp³-hybridized carbons (Fsp3) is 0.190. The van der Waals surface area contributed by atoms with E-state index in [1.165, 1.54) is 12.1 Å². The number of hydrogen-bond acceptors (Lipinski definition) is 6. The van der Waals surface area contributed by atoms with Crippen LogP contribution in [0.2, 0.25) is 0 Å². The Labute approximate surface area is 166 Å². The van der Waals surface area contributed by atoms with E-state index in [9.17, 15) is 14.4 Å². The van der Waals surface area contributed by atoms with Crippen molar-refractivity contribution in [1.29, 1.82) is 0 Å². The molecule has 1 N–H and O–H groups in total. The summed E-state index contributed by atoms with van der Waals surface area (Å²) in [7, 11) is 0. The standard InChI is InChI=1S/C21H18N2O6/c1-12(2)29-15-6-3-13(4-7-15)9-16-19(24)22-21(26)23(20(16)25)14-5-8-17-18(10-14)28-11-27-17/h3-10,12H,11H2,1-2H3,(H,22,24,26). The normalized spacial score (nSPS) is 17.1. The summed E-state index contributed by atoms with van der Waals surface area (Å²) >= 11 is 0. The Morgan fingerprint density at radius 2 is 1.76 bits per heavy atom. The highest BCUT2D eigenvalue weighted by Gasteiger charge is 2.37. The molecule has 1 saturated heterocycles. The summed E-state index contributed by atoms with van der Waals surface area (Å²) in [5, 5.41) is 2.20. The number of imide groups is 2. The van der Waals surface area contributed by atoms with Gasteiger partial charge in [0, 0.05) is 6.07 Å². The van der Waals surface area contributed by atoms with Crippen molar-refractivity contribution in [3.05, 3.63) is 53.6 Å². The van der Waals surface area contributed by atoms with E-state index in [1.54, 1.807) is 36.4 Å². The number of benzene rings is 2. The minimum Gasteiger partial charge on any atom is -0.491 e. The number of barbiturate groups is 1. The van der Waals surface area contributed by atoms with Gasteiger partial charge in [0.1, 0.15) is 11.3 Å². The molecule has 29 heavy (non-hydrogen) atoms. The SMILES string of the molecule is CC(C)Oc1ccc(C=C2C(=O)NC(=O)N(c3ccc4c(c3)OCO4)C2=O)cc1. The smallest absolute Gasteiger partial charge is 0.335 e. The van der Waals surface area contributed by atoms with Crippen LogP contribution in [0.4, 0.5) is 10.5 Å². The first kappa shape index (κ1) is 18.5. The molecule has 2 aliphatic rings. The third-order valence-corrected chi connectivity index (χ3v) is 4.28. The minimum atomic E-state index is -0.823. The molecule has 0 unspecified atom stereocenters. The second kappa shape index (κ2) is 7.31. The highest BCUT2D eigenvalue weighted by Crippen LogP contribution is 2.36. The fourth-order valence-electron chi connectivity index (χ4n) is 3.00. The summed E-state index contributed by atoms with van der Waals surface area (Å²) in [5.41, 5.74) is 0.746. The van der Waals surface area contributed by atoms with E-state index in [0.717, 1.165) is 4.90 Å². The van der Waals surface area contributed by atoms with Gasteiger partial charge in [-0.3, -0.25) is 14.9 Å². The third kappa shape index (κ3) is 3.64. The van der Waals surface area contributed by atoms with Crippen molar-refractivity contribution in [3.63, 3.8) is 0 Å². The molecule has 148 valence electrons. The Hall–Kier alpha value is -3.81. The van der Waals surface area contributed by atoms with Gasteiger partial charge < -0.3 is 14.2 Å². The van der Waals surface area contributed by atoms with Crippen LogP contribution in [-0.2, 0) is 9.59 Å². The van der Waals surface area contributed by atoms with Crippen LogP contribution in [-0.4, -0.2) is 30.7 Å². The van der Waals surface area contributed by atoms with Crippen molar-refractivity contribution in [2.75, 3.05) is 11.7 Å². The first-order valence-electron chi connectivity index (χ1n) is 9.00. The first-order valence-corrected chi connectivity index (χ1v) is 9.00. The van der Waals surface area contributed by atoms with Crippen LogP contribution in [0.25, 0.3) is 6.08 Å². The van der Waals surface area contributed by atoms with Crippen LogP contribution in [0.1, 0.15) is 19.4 Å². The van der Waals surface area contributed by atoms with E-state index in [0.29, 0.717) is 22.8 Å². The molecular formula is C21H18N2O6. The molecule has 0 bridgehead atoms. The second-order valence-electron chi connectivity index (χ2n) is 6.73. The number of carbonyl (C=O) groups excluding carboxylic acids is 3. The molecule has 0 aromatic heterocycles. The average molecular weight is 394 g/mol. The van der Waals surface area contributed by atoms with E-state index in [1.807, 2.05) is 13.8 Å². The van der Waals surface area contributed by atoms with Gasteiger partial charge in [-0.2, -0.15) is 0 Å². The predicted molar refractivity (Wildman–Crippen MR) is 104 cm³/mol. The number of carbonyl (C=O) groups is 3. The monoisotopic (exact) mass is 394 g/mol. The number of nitrogens with one attached hydrogen (secondary N) is 1. The maximum absolute atomic E-state index is 12.9. The van der Waals surface area contributed by atoms with Gasteiger partial charge >= 0.3 is 6.03 Å². The molecule has 0 atom stereocenters.